The molecule has 5 aliphatic carbocycles. The summed E-state index contributed by atoms with van der Waals surface area (Å²) in [5.41, 5.74) is 0.431. The van der Waals surface area contributed by atoms with Crippen LogP contribution in [-0.4, -0.2) is 47.2 Å². The van der Waals surface area contributed by atoms with Gasteiger partial charge in [0.15, 0.2) is 11.5 Å². The third kappa shape index (κ3) is 2.52. The highest BCUT2D eigenvalue weighted by Gasteiger charge is 2.80. The first-order chi connectivity index (χ1) is 16.0. The van der Waals surface area contributed by atoms with Gasteiger partial charge in [0.05, 0.1) is 5.60 Å². The Morgan fingerprint density at radius 2 is 1.91 bits per heavy atom. The average molecular weight is 470 g/mol. The predicted octanol–water partition coefficient (Wildman–Crippen LogP) is 4.71. The summed E-state index contributed by atoms with van der Waals surface area (Å²) in [5, 5.41) is 27.2. The quantitative estimate of drug-likeness (QED) is 0.563. The second-order valence-electron chi connectivity index (χ2n) is 13.3. The van der Waals surface area contributed by atoms with Crippen LogP contribution < -0.4 is 10.1 Å². The summed E-state index contributed by atoms with van der Waals surface area (Å²) in [6.45, 7) is 11.8. The number of nitrogens with one attached hydrogen (secondary N) is 1. The minimum atomic E-state index is -0.933. The van der Waals surface area contributed by atoms with E-state index in [4.69, 9.17) is 9.47 Å². The normalized spacial score (nSPS) is 41.7. The second-order valence-corrected chi connectivity index (χ2v) is 13.3. The lowest BCUT2D eigenvalue weighted by Gasteiger charge is -2.73. The van der Waals surface area contributed by atoms with E-state index in [-0.39, 0.29) is 34.0 Å². The molecular weight excluding hydrogens is 426 g/mol. The fraction of sp³-hybridized carbons (Fsp3) is 0.793. The predicted molar refractivity (Wildman–Crippen MR) is 132 cm³/mol. The maximum absolute atomic E-state index is 12.2. The van der Waals surface area contributed by atoms with Crippen molar-refractivity contribution >= 4 is 0 Å². The lowest BCUT2D eigenvalue weighted by atomic mass is 9.34. The number of aromatic hydroxyl groups is 1. The number of hydrogen-bond acceptors (Lipinski definition) is 5. The Morgan fingerprint density at radius 1 is 1.18 bits per heavy atom. The van der Waals surface area contributed by atoms with Crippen LogP contribution in [0.4, 0.5) is 0 Å². The molecule has 0 amide bonds. The van der Waals surface area contributed by atoms with Crippen LogP contribution in [-0.2, 0) is 16.6 Å². The third-order valence-corrected chi connectivity index (χ3v) is 11.4. The fourth-order valence-corrected chi connectivity index (χ4v) is 8.92. The van der Waals surface area contributed by atoms with Gasteiger partial charge in [-0.05, 0) is 81.4 Å². The molecule has 4 saturated carbocycles. The lowest BCUT2D eigenvalue weighted by molar-refractivity contribution is -0.298. The molecule has 2 bridgehead atoms. The van der Waals surface area contributed by atoms with Crippen LogP contribution in [0.2, 0.25) is 0 Å². The molecule has 0 saturated heterocycles. The van der Waals surface area contributed by atoms with Gasteiger partial charge in [0, 0.05) is 35.5 Å². The number of benzene rings is 1. The molecule has 34 heavy (non-hydrogen) atoms. The van der Waals surface area contributed by atoms with E-state index >= 15 is 0 Å². The Labute approximate surface area is 204 Å². The Bertz CT molecular complexity index is 1010. The molecule has 188 valence electrons. The zero-order valence-corrected chi connectivity index (χ0v) is 21.8. The molecule has 4 fully saturated rings. The standard InChI is InChI=1S/C29H43NO4/c1-7-28-22-18-10-11-19(31)23(22)34-24(28)29(33-6)13-12-27(28,21(14-18)30-16-17-8-9-17)15-20(29)26(5,32)25(2,3)4/h10-11,17,20-21,24,30-32H,7-9,12-16H2,1-6H3/t20-,21-,24-,26?,27-,28+,29-/m1/s1. The van der Waals surface area contributed by atoms with E-state index in [2.05, 4.69) is 39.1 Å². The van der Waals surface area contributed by atoms with Crippen molar-refractivity contribution in [1.82, 2.24) is 5.32 Å². The van der Waals surface area contributed by atoms with Gasteiger partial charge in [-0.25, -0.2) is 0 Å². The van der Waals surface area contributed by atoms with E-state index in [1.54, 1.807) is 0 Å². The van der Waals surface area contributed by atoms with Crippen molar-refractivity contribution in [3.8, 4) is 11.5 Å². The Hall–Kier alpha value is -1.30. The number of hydrogen-bond donors (Lipinski definition) is 3. The summed E-state index contributed by atoms with van der Waals surface area (Å²) in [6, 6.07) is 4.27. The number of phenols is 1. The van der Waals surface area contributed by atoms with Gasteiger partial charge in [-0.1, -0.05) is 33.8 Å². The molecule has 1 unspecified atom stereocenters. The number of methoxy groups -OCH3 is 1. The third-order valence-electron chi connectivity index (χ3n) is 11.4. The van der Waals surface area contributed by atoms with Crippen molar-refractivity contribution in [3.05, 3.63) is 23.3 Å². The van der Waals surface area contributed by atoms with Gasteiger partial charge in [0.1, 0.15) is 11.7 Å². The molecule has 1 heterocycles. The molecular formula is C29H43NO4. The largest absolute Gasteiger partial charge is 0.504 e. The highest BCUT2D eigenvalue weighted by atomic mass is 16.6. The first-order valence-electron chi connectivity index (χ1n) is 13.5. The molecule has 0 aromatic heterocycles. The highest BCUT2D eigenvalue weighted by Crippen LogP contribution is 2.76. The van der Waals surface area contributed by atoms with Crippen LogP contribution in [0.3, 0.4) is 0 Å². The minimum Gasteiger partial charge on any atom is -0.504 e. The summed E-state index contributed by atoms with van der Waals surface area (Å²) in [5.74, 6) is 1.66. The van der Waals surface area contributed by atoms with E-state index in [0.717, 1.165) is 44.6 Å². The topological polar surface area (TPSA) is 71.0 Å². The van der Waals surface area contributed by atoms with Crippen LogP contribution in [0.15, 0.2) is 12.1 Å². The summed E-state index contributed by atoms with van der Waals surface area (Å²) < 4.78 is 13.4. The lowest BCUT2D eigenvalue weighted by Crippen LogP contribution is -2.81. The Kier molecular flexibility index (Phi) is 4.71. The van der Waals surface area contributed by atoms with Gasteiger partial charge in [-0.15, -0.1) is 0 Å². The van der Waals surface area contributed by atoms with Gasteiger partial charge in [-0.3, -0.25) is 0 Å². The molecule has 7 atom stereocenters. The van der Waals surface area contributed by atoms with Gasteiger partial charge in [0.2, 0.25) is 0 Å². The molecule has 5 heteroatoms. The Balaban J connectivity index is 1.59. The van der Waals surface area contributed by atoms with Gasteiger partial charge >= 0.3 is 0 Å². The number of aliphatic hydroxyl groups is 1. The monoisotopic (exact) mass is 469 g/mol. The van der Waals surface area contributed by atoms with Crippen LogP contribution in [0.1, 0.15) is 84.3 Å². The molecule has 7 rings (SSSR count). The molecule has 1 spiro atoms. The summed E-state index contributed by atoms with van der Waals surface area (Å²) >= 11 is 0. The summed E-state index contributed by atoms with van der Waals surface area (Å²) in [6.07, 6.45) is 7.19. The molecule has 5 nitrogen and oxygen atoms in total. The second kappa shape index (κ2) is 6.92. The van der Waals surface area contributed by atoms with Crippen molar-refractivity contribution in [2.24, 2.45) is 22.7 Å². The molecule has 1 aliphatic heterocycles. The number of phenolic OH excluding ortho intramolecular Hbond substituents is 1. The molecule has 0 radical (unpaired) electrons. The summed E-state index contributed by atoms with van der Waals surface area (Å²) in [7, 11) is 1.81. The minimum absolute atomic E-state index is 0.0481. The molecule has 3 N–H and O–H groups in total. The zero-order valence-electron chi connectivity index (χ0n) is 21.8. The molecule has 1 aromatic carbocycles. The van der Waals surface area contributed by atoms with Crippen LogP contribution in [0, 0.1) is 22.7 Å². The number of ether oxygens (including phenoxy) is 2. The molecule has 1 aromatic rings. The maximum Gasteiger partial charge on any atom is 0.165 e. The van der Waals surface area contributed by atoms with Gasteiger partial charge in [-0.2, -0.15) is 0 Å². The van der Waals surface area contributed by atoms with Gasteiger partial charge < -0.3 is 25.0 Å². The number of fused-ring (bicyclic) bond motifs is 2. The number of rotatable bonds is 6. The maximum atomic E-state index is 12.2. The van der Waals surface area contributed by atoms with Crippen LogP contribution in [0.25, 0.3) is 0 Å². The van der Waals surface area contributed by atoms with Crippen LogP contribution >= 0.6 is 0 Å². The first kappa shape index (κ1) is 23.1. The zero-order chi connectivity index (χ0) is 24.3. The highest BCUT2D eigenvalue weighted by molar-refractivity contribution is 5.62. The fourth-order valence-electron chi connectivity index (χ4n) is 8.92. The molecule has 6 aliphatic rings. The van der Waals surface area contributed by atoms with E-state index in [9.17, 15) is 10.2 Å². The summed E-state index contributed by atoms with van der Waals surface area (Å²) in [4.78, 5) is 0. The smallest absolute Gasteiger partial charge is 0.165 e. The van der Waals surface area contributed by atoms with Crippen molar-refractivity contribution in [2.75, 3.05) is 13.7 Å². The first-order valence-corrected chi connectivity index (χ1v) is 13.5. The van der Waals surface area contributed by atoms with Crippen molar-refractivity contribution in [2.45, 2.75) is 108 Å². The van der Waals surface area contributed by atoms with E-state index in [1.807, 2.05) is 20.1 Å². The van der Waals surface area contributed by atoms with Crippen molar-refractivity contribution < 1.29 is 19.7 Å². The van der Waals surface area contributed by atoms with Crippen molar-refractivity contribution in [3.63, 3.8) is 0 Å². The van der Waals surface area contributed by atoms with Gasteiger partial charge in [0.25, 0.3) is 0 Å². The SMILES string of the molecule is CC[C@]12c3c4ccc(O)c3O[C@H]1[C@@]1(OC)CC[C@@]2(C[C@@H]1C(C)(O)C(C)(C)C)[C@H](NCC1CC1)C4. The Morgan fingerprint density at radius 3 is 2.53 bits per heavy atom. The van der Waals surface area contributed by atoms with E-state index in [1.165, 1.54) is 24.0 Å². The van der Waals surface area contributed by atoms with Crippen molar-refractivity contribution in [1.29, 1.82) is 0 Å². The van der Waals surface area contributed by atoms with E-state index in [0.29, 0.717) is 11.8 Å². The van der Waals surface area contributed by atoms with Crippen LogP contribution in [0.5, 0.6) is 11.5 Å². The average Bonchev–Trinajstić information content (AvgIpc) is 3.55. The van der Waals surface area contributed by atoms with E-state index < -0.39 is 11.2 Å².